The van der Waals surface area contributed by atoms with Crippen LogP contribution < -0.4 is 15.0 Å². The second-order valence-corrected chi connectivity index (χ2v) is 12.0. The zero-order chi connectivity index (χ0) is 32.6. The largest absolute Gasteiger partial charge is 0.497 e. The number of rotatable bonds is 18. The van der Waals surface area contributed by atoms with Gasteiger partial charge in [0.15, 0.2) is 0 Å². The van der Waals surface area contributed by atoms with Crippen molar-refractivity contribution < 1.29 is 38.5 Å². The summed E-state index contributed by atoms with van der Waals surface area (Å²) >= 11 is 0. The van der Waals surface area contributed by atoms with Crippen molar-refractivity contribution in [2.24, 2.45) is 11.8 Å². The standard InChI is InChI=1S/C34H47N3O8/c1-5-7-12-27(39)35-22-23(3)44-33(42)28-26-17-18-34(45-26)29(28)31(40)37(20-10-8-9-11-21-38)30(34)32(41)36(19-6-2)24-13-15-25(43-4)16-14-24/h5-6,13-16,23,26,28-30,38H,1-2,7-12,17-22H2,3-4H3,(H,35,39)/t23-,26+,28-,29-,30+,34-/m0/s1. The fourth-order valence-electron chi connectivity index (χ4n) is 6.95. The molecule has 0 aliphatic carbocycles. The number of nitrogens with one attached hydrogen (secondary N) is 1. The van der Waals surface area contributed by atoms with Crippen molar-refractivity contribution in [3.8, 4) is 5.75 Å². The molecule has 0 unspecified atom stereocenters. The molecular formula is C34H47N3O8. The van der Waals surface area contributed by atoms with E-state index in [9.17, 15) is 24.3 Å². The summed E-state index contributed by atoms with van der Waals surface area (Å²) in [7, 11) is 1.57. The Bertz CT molecular complexity index is 1240. The average molecular weight is 626 g/mol. The molecular weight excluding hydrogens is 578 g/mol. The Balaban J connectivity index is 1.59. The van der Waals surface area contributed by atoms with Crippen LogP contribution in [0, 0.1) is 11.8 Å². The van der Waals surface area contributed by atoms with Gasteiger partial charge in [-0.05, 0) is 63.3 Å². The van der Waals surface area contributed by atoms with Crippen LogP contribution in [0.5, 0.6) is 5.75 Å². The molecule has 2 bridgehead atoms. The fraction of sp³-hybridized carbons (Fsp3) is 0.588. The summed E-state index contributed by atoms with van der Waals surface area (Å²) in [5.74, 6) is -2.35. The van der Waals surface area contributed by atoms with Crippen LogP contribution in [0.4, 0.5) is 5.69 Å². The molecule has 3 heterocycles. The van der Waals surface area contributed by atoms with E-state index < -0.39 is 41.7 Å². The first-order valence-corrected chi connectivity index (χ1v) is 16.0. The molecule has 3 aliphatic rings. The van der Waals surface area contributed by atoms with E-state index in [2.05, 4.69) is 18.5 Å². The van der Waals surface area contributed by atoms with Gasteiger partial charge in [0.1, 0.15) is 23.5 Å². The summed E-state index contributed by atoms with van der Waals surface area (Å²) in [5, 5.41) is 12.0. The van der Waals surface area contributed by atoms with E-state index >= 15 is 0 Å². The molecule has 3 aliphatic heterocycles. The van der Waals surface area contributed by atoms with Crippen molar-refractivity contribution in [1.29, 1.82) is 0 Å². The second kappa shape index (κ2) is 15.5. The number of hydrogen-bond acceptors (Lipinski definition) is 8. The van der Waals surface area contributed by atoms with Gasteiger partial charge in [0.25, 0.3) is 5.91 Å². The van der Waals surface area contributed by atoms with Gasteiger partial charge in [0.05, 0.1) is 31.6 Å². The van der Waals surface area contributed by atoms with Gasteiger partial charge < -0.3 is 34.4 Å². The van der Waals surface area contributed by atoms with E-state index in [1.54, 1.807) is 60.3 Å². The third-order valence-electron chi connectivity index (χ3n) is 9.05. The first kappa shape index (κ1) is 34.2. The zero-order valence-electron chi connectivity index (χ0n) is 26.4. The highest BCUT2D eigenvalue weighted by atomic mass is 16.6. The van der Waals surface area contributed by atoms with Gasteiger partial charge in [0, 0.05) is 31.8 Å². The minimum Gasteiger partial charge on any atom is -0.497 e. The van der Waals surface area contributed by atoms with Crippen LogP contribution >= 0.6 is 0 Å². The molecule has 246 valence electrons. The molecule has 4 rings (SSSR count). The van der Waals surface area contributed by atoms with Gasteiger partial charge in [-0.25, -0.2) is 0 Å². The Morgan fingerprint density at radius 3 is 2.58 bits per heavy atom. The summed E-state index contributed by atoms with van der Waals surface area (Å²) < 4.78 is 17.6. The number of esters is 1. The van der Waals surface area contributed by atoms with Crippen LogP contribution in [0.2, 0.25) is 0 Å². The van der Waals surface area contributed by atoms with Gasteiger partial charge in [-0.2, -0.15) is 0 Å². The molecule has 0 aromatic heterocycles. The Morgan fingerprint density at radius 2 is 1.91 bits per heavy atom. The Labute approximate surface area is 265 Å². The molecule has 11 heteroatoms. The van der Waals surface area contributed by atoms with Crippen molar-refractivity contribution in [3.05, 3.63) is 49.6 Å². The van der Waals surface area contributed by atoms with Crippen molar-refractivity contribution in [1.82, 2.24) is 10.2 Å². The van der Waals surface area contributed by atoms with Gasteiger partial charge in [-0.15, -0.1) is 13.2 Å². The monoisotopic (exact) mass is 625 g/mol. The number of nitrogens with zero attached hydrogens (tertiary/aromatic N) is 2. The van der Waals surface area contributed by atoms with E-state index in [0.29, 0.717) is 56.5 Å². The number of benzene rings is 1. The lowest BCUT2D eigenvalue weighted by Gasteiger charge is -2.36. The minimum atomic E-state index is -1.17. The molecule has 3 amide bonds. The molecule has 1 aromatic carbocycles. The molecule has 2 N–H and O–H groups in total. The number of ether oxygens (including phenoxy) is 3. The molecule has 1 spiro atoms. The molecule has 45 heavy (non-hydrogen) atoms. The lowest BCUT2D eigenvalue weighted by molar-refractivity contribution is -0.159. The van der Waals surface area contributed by atoms with Crippen LogP contribution in [0.15, 0.2) is 49.6 Å². The first-order chi connectivity index (χ1) is 21.7. The Kier molecular flexibility index (Phi) is 11.8. The predicted molar refractivity (Wildman–Crippen MR) is 168 cm³/mol. The lowest BCUT2D eigenvalue weighted by atomic mass is 9.70. The number of hydrogen-bond donors (Lipinski definition) is 2. The minimum absolute atomic E-state index is 0.100. The highest BCUT2D eigenvalue weighted by Crippen LogP contribution is 2.59. The number of allylic oxidation sites excluding steroid dienone is 1. The van der Waals surface area contributed by atoms with E-state index in [0.717, 1.165) is 12.8 Å². The predicted octanol–water partition coefficient (Wildman–Crippen LogP) is 3.16. The molecule has 3 saturated heterocycles. The summed E-state index contributed by atoms with van der Waals surface area (Å²) in [5.41, 5.74) is -0.537. The van der Waals surface area contributed by atoms with Crippen LogP contribution in [0.3, 0.4) is 0 Å². The topological polar surface area (TPSA) is 135 Å². The van der Waals surface area contributed by atoms with E-state index in [1.807, 2.05) is 0 Å². The van der Waals surface area contributed by atoms with Crippen LogP contribution in [0.25, 0.3) is 0 Å². The molecule has 0 saturated carbocycles. The van der Waals surface area contributed by atoms with Crippen LogP contribution in [-0.2, 0) is 28.7 Å². The number of fused-ring (bicyclic) bond motifs is 1. The lowest BCUT2D eigenvalue weighted by Crippen LogP contribution is -2.56. The van der Waals surface area contributed by atoms with Crippen molar-refractivity contribution in [2.45, 2.75) is 82.1 Å². The molecule has 11 nitrogen and oxygen atoms in total. The van der Waals surface area contributed by atoms with Crippen molar-refractivity contribution in [3.63, 3.8) is 0 Å². The number of amides is 3. The quantitative estimate of drug-likeness (QED) is 0.144. The summed E-state index contributed by atoms with van der Waals surface area (Å²) in [6, 6.07) is 6.18. The smallest absolute Gasteiger partial charge is 0.312 e. The zero-order valence-corrected chi connectivity index (χ0v) is 26.4. The van der Waals surface area contributed by atoms with E-state index in [4.69, 9.17) is 14.2 Å². The molecule has 6 atom stereocenters. The molecule has 0 radical (unpaired) electrons. The number of aliphatic hydroxyl groups is 1. The highest BCUT2D eigenvalue weighted by molar-refractivity contribution is 6.04. The number of anilines is 1. The third kappa shape index (κ3) is 7.25. The van der Waals surface area contributed by atoms with Crippen molar-refractivity contribution in [2.75, 3.05) is 38.3 Å². The van der Waals surface area contributed by atoms with Gasteiger partial charge >= 0.3 is 5.97 Å². The van der Waals surface area contributed by atoms with Crippen LogP contribution in [0.1, 0.15) is 58.3 Å². The van der Waals surface area contributed by atoms with Gasteiger partial charge in [0.2, 0.25) is 11.8 Å². The van der Waals surface area contributed by atoms with Crippen LogP contribution in [-0.4, -0.2) is 90.9 Å². The summed E-state index contributed by atoms with van der Waals surface area (Å²) in [6.45, 7) is 9.95. The third-order valence-corrected chi connectivity index (χ3v) is 9.05. The Hall–Kier alpha value is -3.70. The number of carbonyl (C=O) groups excluding carboxylic acids is 4. The maximum atomic E-state index is 14.6. The number of aliphatic hydroxyl groups excluding tert-OH is 1. The van der Waals surface area contributed by atoms with E-state index in [-0.39, 0.29) is 37.4 Å². The Morgan fingerprint density at radius 1 is 1.18 bits per heavy atom. The number of unbranched alkanes of at least 4 members (excludes halogenated alkanes) is 3. The molecule has 1 aromatic rings. The normalized spacial score (nSPS) is 25.4. The van der Waals surface area contributed by atoms with Gasteiger partial charge in [-0.3, -0.25) is 19.2 Å². The number of methoxy groups -OCH3 is 1. The SMILES string of the molecule is C=CCCC(=O)NC[C@H](C)OC(=O)[C@@H]1[C@H]2C(=O)N(CCCCCCO)[C@H](C(=O)N(CC=C)c3ccc(OC)cc3)[C@]23CC[C@H]1O3. The summed E-state index contributed by atoms with van der Waals surface area (Å²) in [6.07, 6.45) is 6.87. The number of carbonyl (C=O) groups is 4. The van der Waals surface area contributed by atoms with E-state index in [1.165, 1.54) is 0 Å². The highest BCUT2D eigenvalue weighted by Gasteiger charge is 2.75. The fourth-order valence-corrected chi connectivity index (χ4v) is 6.95. The van der Waals surface area contributed by atoms with Crippen molar-refractivity contribution >= 4 is 29.4 Å². The van der Waals surface area contributed by atoms with Gasteiger partial charge in [-0.1, -0.05) is 25.0 Å². The second-order valence-electron chi connectivity index (χ2n) is 12.0. The number of likely N-dealkylation sites (tertiary alicyclic amines) is 1. The maximum Gasteiger partial charge on any atom is 0.312 e. The summed E-state index contributed by atoms with van der Waals surface area (Å²) in [4.78, 5) is 57.7. The first-order valence-electron chi connectivity index (χ1n) is 16.0. The average Bonchev–Trinajstić information content (AvgIpc) is 3.68. The molecule has 3 fully saturated rings. The maximum absolute atomic E-state index is 14.6.